The Bertz CT molecular complexity index is 1820. The van der Waals surface area contributed by atoms with Crippen LogP contribution in [0.5, 0.6) is 0 Å². The van der Waals surface area contributed by atoms with Crippen molar-refractivity contribution in [2.45, 2.75) is 45.3 Å². The van der Waals surface area contributed by atoms with E-state index in [2.05, 4.69) is 27.3 Å². The Balaban J connectivity index is 1.25. The topological polar surface area (TPSA) is 110 Å². The number of nitrogens with one attached hydrogen (secondary N) is 1. The van der Waals surface area contributed by atoms with E-state index in [-0.39, 0.29) is 29.2 Å². The first-order valence-electron chi connectivity index (χ1n) is 14.2. The number of carbonyl (C=O) groups excluding carboxylic acids is 2. The SMILES string of the molecule is CN1CCn2nc(Nc3cc(-c4ccnc(N5CCn6c7c(c(F)c6C5=O)CCCC7)c4C=O)cn(C)c3=O)cc2C1. The van der Waals surface area contributed by atoms with Gasteiger partial charge in [-0.3, -0.25) is 28.9 Å². The van der Waals surface area contributed by atoms with Crippen molar-refractivity contribution < 1.29 is 14.0 Å². The summed E-state index contributed by atoms with van der Waals surface area (Å²) in [5.41, 5.74) is 3.98. The first-order valence-corrected chi connectivity index (χ1v) is 14.2. The van der Waals surface area contributed by atoms with Gasteiger partial charge in [0.05, 0.1) is 17.8 Å². The molecule has 4 aromatic heterocycles. The van der Waals surface area contributed by atoms with Crippen molar-refractivity contribution in [3.63, 3.8) is 0 Å². The molecule has 1 amide bonds. The monoisotopic (exact) mass is 570 g/mol. The molecule has 0 saturated carbocycles. The number of fused-ring (bicyclic) bond motifs is 4. The summed E-state index contributed by atoms with van der Waals surface area (Å²) in [6.07, 6.45) is 7.10. The third-order valence-corrected chi connectivity index (χ3v) is 8.59. The smallest absolute Gasteiger partial charge is 0.279 e. The molecule has 11 nitrogen and oxygen atoms in total. The summed E-state index contributed by atoms with van der Waals surface area (Å²) in [5.74, 6) is -0.221. The quantitative estimate of drug-likeness (QED) is 0.367. The van der Waals surface area contributed by atoms with E-state index in [1.54, 1.807) is 25.4 Å². The second-order valence-corrected chi connectivity index (χ2v) is 11.3. The van der Waals surface area contributed by atoms with E-state index in [1.165, 1.54) is 15.7 Å². The van der Waals surface area contributed by atoms with Crippen LogP contribution in [0.1, 0.15) is 50.6 Å². The maximum absolute atomic E-state index is 15.5. The van der Waals surface area contributed by atoms with E-state index < -0.39 is 11.7 Å². The number of aldehydes is 1. The molecule has 0 unspecified atom stereocenters. The number of rotatable bonds is 5. The van der Waals surface area contributed by atoms with Crippen LogP contribution in [0, 0.1) is 5.82 Å². The van der Waals surface area contributed by atoms with E-state index in [0.717, 1.165) is 50.3 Å². The summed E-state index contributed by atoms with van der Waals surface area (Å²) >= 11 is 0. The molecule has 1 N–H and O–H groups in total. The van der Waals surface area contributed by atoms with Gasteiger partial charge < -0.3 is 14.5 Å². The number of halogens is 1. The van der Waals surface area contributed by atoms with Gasteiger partial charge in [-0.15, -0.1) is 0 Å². The van der Waals surface area contributed by atoms with E-state index >= 15 is 4.39 Å². The molecule has 12 heteroatoms. The molecule has 0 aromatic carbocycles. The summed E-state index contributed by atoms with van der Waals surface area (Å²) in [4.78, 5) is 47.3. The largest absolute Gasteiger partial charge is 0.336 e. The van der Waals surface area contributed by atoms with Gasteiger partial charge in [-0.25, -0.2) is 9.37 Å². The van der Waals surface area contributed by atoms with Gasteiger partial charge in [0.25, 0.3) is 11.5 Å². The second kappa shape index (κ2) is 10.1. The molecule has 0 spiro atoms. The maximum atomic E-state index is 15.5. The van der Waals surface area contributed by atoms with Gasteiger partial charge in [0, 0.05) is 68.5 Å². The van der Waals surface area contributed by atoms with Crippen LogP contribution in [0.15, 0.2) is 35.4 Å². The molecule has 42 heavy (non-hydrogen) atoms. The summed E-state index contributed by atoms with van der Waals surface area (Å²) < 4.78 is 20.6. The van der Waals surface area contributed by atoms with Crippen LogP contribution in [-0.2, 0) is 39.5 Å². The fourth-order valence-corrected chi connectivity index (χ4v) is 6.50. The number of hydrogen-bond donors (Lipinski definition) is 1. The van der Waals surface area contributed by atoms with Crippen molar-refractivity contribution >= 4 is 29.5 Å². The van der Waals surface area contributed by atoms with Crippen molar-refractivity contribution in [3.8, 4) is 11.1 Å². The lowest BCUT2D eigenvalue weighted by atomic mass is 9.97. The van der Waals surface area contributed by atoms with Crippen LogP contribution in [0.25, 0.3) is 11.1 Å². The lowest BCUT2D eigenvalue weighted by Crippen LogP contribution is -2.42. The molecule has 7 rings (SSSR count). The van der Waals surface area contributed by atoms with Gasteiger partial charge in [-0.2, -0.15) is 5.10 Å². The van der Waals surface area contributed by atoms with Crippen LogP contribution < -0.4 is 15.8 Å². The summed E-state index contributed by atoms with van der Waals surface area (Å²) in [6, 6.07) is 5.28. The fraction of sp³-hybridized carbons (Fsp3) is 0.367. The summed E-state index contributed by atoms with van der Waals surface area (Å²) in [7, 11) is 3.69. The average Bonchev–Trinajstić information content (AvgIpc) is 3.53. The third-order valence-electron chi connectivity index (χ3n) is 8.59. The molecule has 3 aliphatic rings. The highest BCUT2D eigenvalue weighted by Crippen LogP contribution is 2.35. The van der Waals surface area contributed by atoms with Gasteiger partial charge >= 0.3 is 0 Å². The highest BCUT2D eigenvalue weighted by atomic mass is 19.1. The van der Waals surface area contributed by atoms with Crippen LogP contribution >= 0.6 is 0 Å². The first-order chi connectivity index (χ1) is 20.3. The van der Waals surface area contributed by atoms with Crippen LogP contribution in [0.4, 0.5) is 21.7 Å². The molecular weight excluding hydrogens is 539 g/mol. The van der Waals surface area contributed by atoms with Gasteiger partial charge in [0.15, 0.2) is 17.9 Å². The Hall–Kier alpha value is -4.58. The summed E-state index contributed by atoms with van der Waals surface area (Å²) in [5, 5.41) is 7.77. The number of carbonyl (C=O) groups is 2. The molecule has 4 aromatic rings. The van der Waals surface area contributed by atoms with Gasteiger partial charge in [-0.1, -0.05) is 0 Å². The fourth-order valence-electron chi connectivity index (χ4n) is 6.50. The number of anilines is 3. The molecule has 1 aliphatic carbocycles. The highest BCUT2D eigenvalue weighted by molar-refractivity contribution is 6.09. The number of nitrogens with zero attached hydrogens (tertiary/aromatic N) is 7. The lowest BCUT2D eigenvalue weighted by Gasteiger charge is -2.30. The average molecular weight is 571 g/mol. The number of amides is 1. The van der Waals surface area contributed by atoms with Crippen LogP contribution in [0.3, 0.4) is 0 Å². The zero-order valence-corrected chi connectivity index (χ0v) is 23.6. The molecule has 0 radical (unpaired) electrons. The van der Waals surface area contributed by atoms with Crippen LogP contribution in [0.2, 0.25) is 0 Å². The van der Waals surface area contributed by atoms with Crippen molar-refractivity contribution in [2.75, 3.05) is 30.4 Å². The number of likely N-dealkylation sites (N-methyl/N-ethyl adjacent to an activating group) is 1. The molecular formula is C30H31FN8O3. The van der Waals surface area contributed by atoms with Crippen molar-refractivity contribution in [1.29, 1.82) is 0 Å². The van der Waals surface area contributed by atoms with Crippen molar-refractivity contribution in [2.24, 2.45) is 7.05 Å². The predicted molar refractivity (Wildman–Crippen MR) is 155 cm³/mol. The molecule has 0 bridgehead atoms. The Kier molecular flexibility index (Phi) is 6.30. The Morgan fingerprint density at radius 2 is 1.88 bits per heavy atom. The van der Waals surface area contributed by atoms with Gasteiger partial charge in [0.2, 0.25) is 0 Å². The molecule has 2 aliphatic heterocycles. The molecule has 6 heterocycles. The minimum atomic E-state index is -0.502. The van der Waals surface area contributed by atoms with E-state index in [4.69, 9.17) is 0 Å². The first kappa shape index (κ1) is 26.3. The minimum absolute atomic E-state index is 0.0414. The van der Waals surface area contributed by atoms with Gasteiger partial charge in [-0.05, 0) is 50.4 Å². The van der Waals surface area contributed by atoms with Crippen LogP contribution in [-0.4, -0.2) is 61.1 Å². The zero-order chi connectivity index (χ0) is 29.1. The number of pyridine rings is 2. The highest BCUT2D eigenvalue weighted by Gasteiger charge is 2.36. The van der Waals surface area contributed by atoms with E-state index in [0.29, 0.717) is 47.4 Å². The third kappa shape index (κ3) is 4.16. The van der Waals surface area contributed by atoms with Crippen molar-refractivity contribution in [3.05, 3.63) is 75.0 Å². The number of aromatic nitrogens is 5. The Morgan fingerprint density at radius 3 is 2.71 bits per heavy atom. The Labute approximate surface area is 241 Å². The Morgan fingerprint density at radius 1 is 1.05 bits per heavy atom. The normalized spacial score (nSPS) is 16.6. The zero-order valence-electron chi connectivity index (χ0n) is 23.6. The number of hydrogen-bond acceptors (Lipinski definition) is 7. The predicted octanol–water partition coefficient (Wildman–Crippen LogP) is 3.13. The molecule has 216 valence electrons. The maximum Gasteiger partial charge on any atom is 0.279 e. The number of aryl methyl sites for hydroxylation is 1. The molecule has 0 atom stereocenters. The van der Waals surface area contributed by atoms with Crippen molar-refractivity contribution in [1.82, 2.24) is 28.8 Å². The summed E-state index contributed by atoms with van der Waals surface area (Å²) in [6.45, 7) is 3.12. The van der Waals surface area contributed by atoms with Gasteiger partial charge in [0.1, 0.15) is 17.2 Å². The minimum Gasteiger partial charge on any atom is -0.336 e. The second-order valence-electron chi connectivity index (χ2n) is 11.3. The molecule has 0 saturated heterocycles. The van der Waals surface area contributed by atoms with E-state index in [9.17, 15) is 14.4 Å². The van der Waals surface area contributed by atoms with E-state index in [1.807, 2.05) is 15.3 Å². The lowest BCUT2D eigenvalue weighted by molar-refractivity contribution is 0.0959. The standard InChI is InChI=1S/C30H31FN8O3/c1-35-9-12-39-19(16-35)14-25(34-39)33-23-13-18(15-36(2)29(23)41)20-7-8-32-28(22(20)17-40)38-11-10-37-24-6-4-3-5-21(24)26(31)27(37)30(38)42/h7-8,13-15,17H,3-6,9-12,16H2,1-2H3,(H,33,34). The molecule has 0 fully saturated rings.